The molecular weight excluding hydrogens is 454 g/mol. The van der Waals surface area contributed by atoms with Crippen molar-refractivity contribution in [3.63, 3.8) is 0 Å². The van der Waals surface area contributed by atoms with Gasteiger partial charge in [0.05, 0.1) is 24.6 Å². The summed E-state index contributed by atoms with van der Waals surface area (Å²) >= 11 is 5.92. The Kier molecular flexibility index (Phi) is 7.25. The minimum atomic E-state index is -0.343. The fourth-order valence-electron chi connectivity index (χ4n) is 3.30. The largest absolute Gasteiger partial charge is 0.497 e. The molecule has 0 aliphatic carbocycles. The molecule has 0 atom stereocenters. The Labute approximate surface area is 201 Å². The lowest BCUT2D eigenvalue weighted by Crippen LogP contribution is -2.18. The molecule has 0 radical (unpaired) electrons. The molecule has 0 saturated heterocycles. The van der Waals surface area contributed by atoms with E-state index < -0.39 is 0 Å². The zero-order chi connectivity index (χ0) is 23.9. The molecule has 34 heavy (non-hydrogen) atoms. The average Bonchev–Trinajstić information content (AvgIpc) is 3.33. The number of oxazole rings is 1. The van der Waals surface area contributed by atoms with Crippen LogP contribution < -0.4 is 15.4 Å². The number of aromatic nitrogens is 1. The molecule has 7 nitrogen and oxygen atoms in total. The van der Waals surface area contributed by atoms with E-state index in [0.717, 1.165) is 5.56 Å². The van der Waals surface area contributed by atoms with Crippen LogP contribution in [0.3, 0.4) is 0 Å². The van der Waals surface area contributed by atoms with Crippen LogP contribution in [0.15, 0.2) is 83.4 Å². The maximum absolute atomic E-state index is 12.8. The second-order valence-electron chi connectivity index (χ2n) is 7.40. The molecular formula is C26H22ClN3O4. The van der Waals surface area contributed by atoms with E-state index in [-0.39, 0.29) is 18.2 Å². The van der Waals surface area contributed by atoms with Crippen LogP contribution in [0, 0.1) is 0 Å². The summed E-state index contributed by atoms with van der Waals surface area (Å²) in [6.45, 7) is 0. The number of carbonyl (C=O) groups is 2. The maximum atomic E-state index is 12.8. The summed E-state index contributed by atoms with van der Waals surface area (Å²) < 4.78 is 10.9. The SMILES string of the molecule is COc1cccc(NC(=O)c2ccccc2NC(=O)CCc2ncc(-c3ccc(Cl)cc3)o2)c1. The summed E-state index contributed by atoms with van der Waals surface area (Å²) in [6.07, 6.45) is 2.08. The second kappa shape index (κ2) is 10.7. The molecule has 1 heterocycles. The Morgan fingerprint density at radius 1 is 1.00 bits per heavy atom. The number of methoxy groups -OCH3 is 1. The van der Waals surface area contributed by atoms with Crippen molar-refractivity contribution in [3.05, 3.63) is 95.5 Å². The number of anilines is 2. The number of rotatable bonds is 8. The minimum Gasteiger partial charge on any atom is -0.497 e. The van der Waals surface area contributed by atoms with Gasteiger partial charge in [0.25, 0.3) is 5.91 Å². The fourth-order valence-corrected chi connectivity index (χ4v) is 3.42. The zero-order valence-electron chi connectivity index (χ0n) is 18.4. The van der Waals surface area contributed by atoms with Gasteiger partial charge in [-0.2, -0.15) is 0 Å². The monoisotopic (exact) mass is 475 g/mol. The van der Waals surface area contributed by atoms with E-state index in [1.807, 2.05) is 12.1 Å². The van der Waals surface area contributed by atoms with Crippen molar-refractivity contribution < 1.29 is 18.7 Å². The molecule has 8 heteroatoms. The quantitative estimate of drug-likeness (QED) is 0.334. The highest BCUT2D eigenvalue weighted by atomic mass is 35.5. The van der Waals surface area contributed by atoms with Crippen LogP contribution in [0.4, 0.5) is 11.4 Å². The Morgan fingerprint density at radius 2 is 1.79 bits per heavy atom. The molecule has 172 valence electrons. The highest BCUT2D eigenvalue weighted by Crippen LogP contribution is 2.23. The Balaban J connectivity index is 1.37. The average molecular weight is 476 g/mol. The molecule has 4 rings (SSSR count). The molecule has 0 saturated carbocycles. The van der Waals surface area contributed by atoms with Crippen LogP contribution in [0.2, 0.25) is 5.02 Å². The number of benzene rings is 3. The van der Waals surface area contributed by atoms with E-state index in [4.69, 9.17) is 20.8 Å². The van der Waals surface area contributed by atoms with Gasteiger partial charge in [0.15, 0.2) is 11.7 Å². The summed E-state index contributed by atoms with van der Waals surface area (Å²) in [6, 6.07) is 21.1. The topological polar surface area (TPSA) is 93.5 Å². The third kappa shape index (κ3) is 5.82. The van der Waals surface area contributed by atoms with Crippen molar-refractivity contribution in [2.24, 2.45) is 0 Å². The number of amides is 2. The van der Waals surface area contributed by atoms with Gasteiger partial charge < -0.3 is 19.8 Å². The first-order valence-electron chi connectivity index (χ1n) is 10.6. The summed E-state index contributed by atoms with van der Waals surface area (Å²) in [7, 11) is 1.56. The van der Waals surface area contributed by atoms with Crippen LogP contribution >= 0.6 is 11.6 Å². The first-order chi connectivity index (χ1) is 16.5. The van der Waals surface area contributed by atoms with Gasteiger partial charge in [-0.05, 0) is 48.5 Å². The van der Waals surface area contributed by atoms with E-state index in [2.05, 4.69) is 15.6 Å². The molecule has 0 aliphatic heterocycles. The summed E-state index contributed by atoms with van der Waals surface area (Å²) in [4.78, 5) is 29.6. The maximum Gasteiger partial charge on any atom is 0.257 e. The predicted octanol–water partition coefficient (Wildman–Crippen LogP) is 5.83. The first kappa shape index (κ1) is 23.1. The Bertz CT molecular complexity index is 1300. The highest BCUT2D eigenvalue weighted by molar-refractivity contribution is 6.30. The van der Waals surface area contributed by atoms with Gasteiger partial charge in [0.2, 0.25) is 5.91 Å². The fraction of sp³-hybridized carbons (Fsp3) is 0.115. The van der Waals surface area contributed by atoms with Crippen molar-refractivity contribution in [3.8, 4) is 17.1 Å². The lowest BCUT2D eigenvalue weighted by Gasteiger charge is -2.12. The van der Waals surface area contributed by atoms with Crippen LogP contribution in [0.5, 0.6) is 5.75 Å². The number of nitrogens with one attached hydrogen (secondary N) is 2. The van der Waals surface area contributed by atoms with Crippen LogP contribution in [0.1, 0.15) is 22.7 Å². The lowest BCUT2D eigenvalue weighted by molar-refractivity contribution is -0.116. The van der Waals surface area contributed by atoms with Crippen molar-refractivity contribution in [1.82, 2.24) is 4.98 Å². The molecule has 0 spiro atoms. The van der Waals surface area contributed by atoms with Crippen LogP contribution in [-0.2, 0) is 11.2 Å². The van der Waals surface area contributed by atoms with Gasteiger partial charge in [0, 0.05) is 35.2 Å². The first-order valence-corrected chi connectivity index (χ1v) is 10.9. The van der Waals surface area contributed by atoms with Crippen molar-refractivity contribution in [2.45, 2.75) is 12.8 Å². The number of ether oxygens (including phenoxy) is 1. The third-order valence-electron chi connectivity index (χ3n) is 5.02. The normalized spacial score (nSPS) is 10.5. The second-order valence-corrected chi connectivity index (χ2v) is 7.84. The lowest BCUT2D eigenvalue weighted by atomic mass is 10.1. The number of hydrogen-bond donors (Lipinski definition) is 2. The van der Waals surface area contributed by atoms with E-state index in [1.165, 1.54) is 0 Å². The molecule has 2 N–H and O–H groups in total. The van der Waals surface area contributed by atoms with Crippen LogP contribution in [-0.4, -0.2) is 23.9 Å². The Morgan fingerprint density at radius 3 is 2.59 bits per heavy atom. The Hall–Kier alpha value is -4.10. The number of para-hydroxylation sites is 1. The van der Waals surface area contributed by atoms with Crippen molar-refractivity contribution in [1.29, 1.82) is 0 Å². The molecule has 4 aromatic rings. The van der Waals surface area contributed by atoms with Crippen LogP contribution in [0.25, 0.3) is 11.3 Å². The molecule has 0 bridgehead atoms. The van der Waals surface area contributed by atoms with Gasteiger partial charge >= 0.3 is 0 Å². The predicted molar refractivity (Wildman–Crippen MR) is 131 cm³/mol. The van der Waals surface area contributed by atoms with E-state index in [9.17, 15) is 9.59 Å². The summed E-state index contributed by atoms with van der Waals surface area (Å²) in [5.74, 6) is 1.08. The van der Waals surface area contributed by atoms with Gasteiger partial charge in [0.1, 0.15) is 5.75 Å². The van der Waals surface area contributed by atoms with Gasteiger partial charge in [-0.25, -0.2) is 4.98 Å². The zero-order valence-corrected chi connectivity index (χ0v) is 19.1. The molecule has 0 aliphatic rings. The number of halogens is 1. The molecule has 0 fully saturated rings. The van der Waals surface area contributed by atoms with Gasteiger partial charge in [-0.3, -0.25) is 9.59 Å². The van der Waals surface area contributed by atoms with Crippen molar-refractivity contribution >= 4 is 34.8 Å². The number of carbonyl (C=O) groups excluding carboxylic acids is 2. The molecule has 3 aromatic carbocycles. The van der Waals surface area contributed by atoms with Crippen molar-refractivity contribution in [2.75, 3.05) is 17.7 Å². The molecule has 2 amide bonds. The molecule has 1 aromatic heterocycles. The standard InChI is InChI=1S/C26H22ClN3O4/c1-33-20-6-4-5-19(15-20)29-26(32)21-7-2-3-8-22(21)30-24(31)13-14-25-28-16-23(34-25)17-9-11-18(27)12-10-17/h2-12,15-16H,13-14H2,1H3,(H,29,32)(H,30,31). The van der Waals surface area contributed by atoms with Gasteiger partial charge in [-0.15, -0.1) is 0 Å². The van der Waals surface area contributed by atoms with Gasteiger partial charge in [-0.1, -0.05) is 29.8 Å². The summed E-state index contributed by atoms with van der Waals surface area (Å²) in [5.41, 5.74) is 2.21. The third-order valence-corrected chi connectivity index (χ3v) is 5.27. The van der Waals surface area contributed by atoms with E-state index >= 15 is 0 Å². The highest BCUT2D eigenvalue weighted by Gasteiger charge is 2.15. The number of nitrogens with zero attached hydrogens (tertiary/aromatic N) is 1. The smallest absolute Gasteiger partial charge is 0.257 e. The van der Waals surface area contributed by atoms with E-state index in [0.29, 0.717) is 45.8 Å². The summed E-state index contributed by atoms with van der Waals surface area (Å²) in [5, 5.41) is 6.27. The number of aryl methyl sites for hydroxylation is 1. The molecule has 0 unspecified atom stereocenters. The van der Waals surface area contributed by atoms with E-state index in [1.54, 1.807) is 74.0 Å². The number of hydrogen-bond acceptors (Lipinski definition) is 5. The minimum absolute atomic E-state index is 0.145.